The van der Waals surface area contributed by atoms with Gasteiger partial charge >= 0.3 is 6.18 Å². The number of thiophene rings is 1. The summed E-state index contributed by atoms with van der Waals surface area (Å²) in [7, 11) is 0. The SMILES string of the molecule is FC(F)(F)c1cccc(-c2snnc2-c2cccs2)c1. The van der Waals surface area contributed by atoms with Gasteiger partial charge < -0.3 is 0 Å². The van der Waals surface area contributed by atoms with E-state index < -0.39 is 11.7 Å². The van der Waals surface area contributed by atoms with Gasteiger partial charge in [-0.25, -0.2) is 0 Å². The van der Waals surface area contributed by atoms with Gasteiger partial charge in [0.25, 0.3) is 0 Å². The van der Waals surface area contributed by atoms with E-state index in [4.69, 9.17) is 0 Å². The Morgan fingerprint density at radius 1 is 1.05 bits per heavy atom. The Kier molecular flexibility index (Phi) is 3.31. The van der Waals surface area contributed by atoms with Gasteiger partial charge in [0.1, 0.15) is 5.69 Å². The van der Waals surface area contributed by atoms with Gasteiger partial charge in [-0.15, -0.1) is 16.4 Å². The van der Waals surface area contributed by atoms with Crippen LogP contribution in [-0.2, 0) is 6.18 Å². The molecule has 2 nitrogen and oxygen atoms in total. The highest BCUT2D eigenvalue weighted by Crippen LogP contribution is 2.38. The number of benzene rings is 1. The molecule has 0 spiro atoms. The van der Waals surface area contributed by atoms with Crippen LogP contribution in [0.5, 0.6) is 0 Å². The molecule has 0 saturated heterocycles. The van der Waals surface area contributed by atoms with Crippen molar-refractivity contribution < 1.29 is 13.2 Å². The third-order valence-electron chi connectivity index (χ3n) is 2.69. The van der Waals surface area contributed by atoms with E-state index in [1.807, 2.05) is 17.5 Å². The van der Waals surface area contributed by atoms with Crippen LogP contribution in [0.4, 0.5) is 13.2 Å². The van der Waals surface area contributed by atoms with E-state index >= 15 is 0 Å². The minimum Gasteiger partial charge on any atom is -0.166 e. The van der Waals surface area contributed by atoms with Crippen LogP contribution >= 0.6 is 22.9 Å². The van der Waals surface area contributed by atoms with E-state index in [2.05, 4.69) is 9.59 Å². The third-order valence-corrected chi connectivity index (χ3v) is 4.35. The van der Waals surface area contributed by atoms with Crippen LogP contribution in [0.25, 0.3) is 21.0 Å². The zero-order valence-corrected chi connectivity index (χ0v) is 11.5. The number of hydrogen-bond acceptors (Lipinski definition) is 4. The summed E-state index contributed by atoms with van der Waals surface area (Å²) in [5, 5.41) is 5.92. The summed E-state index contributed by atoms with van der Waals surface area (Å²) in [6.45, 7) is 0. The van der Waals surface area contributed by atoms with Crippen LogP contribution in [0, 0.1) is 0 Å². The first kappa shape index (κ1) is 13.3. The first-order valence-corrected chi connectivity index (χ1v) is 7.25. The number of rotatable bonds is 2. The molecule has 0 aliphatic rings. The Bertz CT molecular complexity index is 717. The fourth-order valence-electron chi connectivity index (χ4n) is 1.79. The van der Waals surface area contributed by atoms with Gasteiger partial charge in [-0.2, -0.15) is 13.2 Å². The van der Waals surface area contributed by atoms with Crippen LogP contribution in [0.2, 0.25) is 0 Å². The molecule has 0 atom stereocenters. The lowest BCUT2D eigenvalue weighted by molar-refractivity contribution is -0.137. The number of aromatic nitrogens is 2. The molecular weight excluding hydrogens is 305 g/mol. The molecule has 0 radical (unpaired) electrons. The first-order valence-electron chi connectivity index (χ1n) is 5.59. The minimum absolute atomic E-state index is 0.484. The highest BCUT2D eigenvalue weighted by atomic mass is 32.1. The lowest BCUT2D eigenvalue weighted by Gasteiger charge is -2.08. The zero-order chi connectivity index (χ0) is 14.2. The van der Waals surface area contributed by atoms with Crippen molar-refractivity contribution in [3.05, 3.63) is 47.3 Å². The summed E-state index contributed by atoms with van der Waals surface area (Å²) in [5.41, 5.74) is 0.447. The topological polar surface area (TPSA) is 25.8 Å². The van der Waals surface area contributed by atoms with Gasteiger partial charge in [-0.1, -0.05) is 22.7 Å². The number of halogens is 3. The third kappa shape index (κ3) is 2.46. The molecule has 0 fully saturated rings. The Labute approximate surface area is 120 Å². The van der Waals surface area contributed by atoms with E-state index in [1.165, 1.54) is 17.4 Å². The number of alkyl halides is 3. The predicted molar refractivity (Wildman–Crippen MR) is 73.7 cm³/mol. The molecule has 0 unspecified atom stereocenters. The van der Waals surface area contributed by atoms with Crippen molar-refractivity contribution in [1.82, 2.24) is 9.59 Å². The van der Waals surface area contributed by atoms with Gasteiger partial charge in [0, 0.05) is 0 Å². The van der Waals surface area contributed by atoms with Crippen molar-refractivity contribution in [3.63, 3.8) is 0 Å². The predicted octanol–water partition coefficient (Wildman–Crippen LogP) is 4.95. The Hall–Kier alpha value is -1.73. The van der Waals surface area contributed by atoms with E-state index in [0.29, 0.717) is 16.1 Å². The fourth-order valence-corrected chi connectivity index (χ4v) is 3.25. The highest BCUT2D eigenvalue weighted by molar-refractivity contribution is 7.14. The van der Waals surface area contributed by atoms with Crippen LogP contribution in [0.15, 0.2) is 41.8 Å². The van der Waals surface area contributed by atoms with Crippen molar-refractivity contribution in [1.29, 1.82) is 0 Å². The molecule has 0 aliphatic carbocycles. The standard InChI is InChI=1S/C13H7F3N2S2/c14-13(15,16)9-4-1-3-8(7-9)12-11(17-18-20-12)10-5-2-6-19-10/h1-7H. The van der Waals surface area contributed by atoms with Gasteiger partial charge in [-0.05, 0) is 40.7 Å². The summed E-state index contributed by atoms with van der Waals surface area (Å²) in [4.78, 5) is 1.55. The van der Waals surface area contributed by atoms with Crippen molar-refractivity contribution >= 4 is 22.9 Å². The second kappa shape index (κ2) is 4.99. The van der Waals surface area contributed by atoms with Gasteiger partial charge in [0.2, 0.25) is 0 Å². The molecule has 3 rings (SSSR count). The Morgan fingerprint density at radius 2 is 1.90 bits per heavy atom. The van der Waals surface area contributed by atoms with Crippen molar-refractivity contribution in [2.45, 2.75) is 6.18 Å². The molecular formula is C13H7F3N2S2. The molecule has 2 aromatic heterocycles. The van der Waals surface area contributed by atoms with Crippen LogP contribution < -0.4 is 0 Å². The monoisotopic (exact) mass is 312 g/mol. The fraction of sp³-hybridized carbons (Fsp3) is 0.0769. The lowest BCUT2D eigenvalue weighted by atomic mass is 10.1. The van der Waals surface area contributed by atoms with E-state index in [0.717, 1.165) is 28.5 Å². The quantitative estimate of drug-likeness (QED) is 0.669. The van der Waals surface area contributed by atoms with E-state index in [1.54, 1.807) is 6.07 Å². The van der Waals surface area contributed by atoms with Crippen molar-refractivity contribution in [2.75, 3.05) is 0 Å². The van der Waals surface area contributed by atoms with Gasteiger partial charge in [-0.3, -0.25) is 0 Å². The average molecular weight is 312 g/mol. The Morgan fingerprint density at radius 3 is 2.60 bits per heavy atom. The Balaban J connectivity index is 2.09. The van der Waals surface area contributed by atoms with Crippen LogP contribution in [0.3, 0.4) is 0 Å². The number of nitrogens with zero attached hydrogens (tertiary/aromatic N) is 2. The molecule has 0 N–H and O–H groups in total. The molecule has 2 heterocycles. The smallest absolute Gasteiger partial charge is 0.166 e. The zero-order valence-electron chi connectivity index (χ0n) is 9.89. The van der Waals surface area contributed by atoms with Crippen molar-refractivity contribution in [3.8, 4) is 21.0 Å². The van der Waals surface area contributed by atoms with Gasteiger partial charge in [0.15, 0.2) is 0 Å². The molecule has 1 aromatic carbocycles. The number of hydrogen-bond donors (Lipinski definition) is 0. The second-order valence-electron chi connectivity index (χ2n) is 4.01. The van der Waals surface area contributed by atoms with E-state index in [-0.39, 0.29) is 0 Å². The molecule has 0 saturated carbocycles. The normalized spacial score (nSPS) is 11.8. The maximum absolute atomic E-state index is 12.8. The molecule has 0 aliphatic heterocycles. The summed E-state index contributed by atoms with van der Waals surface area (Å²) >= 11 is 2.58. The summed E-state index contributed by atoms with van der Waals surface area (Å²) < 4.78 is 42.1. The molecule has 0 amide bonds. The maximum Gasteiger partial charge on any atom is 0.416 e. The molecule has 3 aromatic rings. The van der Waals surface area contributed by atoms with Crippen LogP contribution in [-0.4, -0.2) is 9.59 Å². The average Bonchev–Trinajstić information content (AvgIpc) is 3.08. The van der Waals surface area contributed by atoms with Crippen molar-refractivity contribution in [2.24, 2.45) is 0 Å². The molecule has 102 valence electrons. The minimum atomic E-state index is -4.35. The van der Waals surface area contributed by atoms with Gasteiger partial charge in [0.05, 0.1) is 15.3 Å². The van der Waals surface area contributed by atoms with E-state index in [9.17, 15) is 13.2 Å². The summed E-state index contributed by atoms with van der Waals surface area (Å²) in [5.74, 6) is 0. The molecule has 20 heavy (non-hydrogen) atoms. The lowest BCUT2D eigenvalue weighted by Crippen LogP contribution is -2.04. The summed E-state index contributed by atoms with van der Waals surface area (Å²) in [6, 6.07) is 8.97. The summed E-state index contributed by atoms with van der Waals surface area (Å²) in [6.07, 6.45) is -4.35. The first-order chi connectivity index (χ1) is 9.55. The van der Waals surface area contributed by atoms with Crippen LogP contribution in [0.1, 0.15) is 5.56 Å². The maximum atomic E-state index is 12.8. The highest BCUT2D eigenvalue weighted by Gasteiger charge is 2.30. The molecule has 7 heteroatoms. The largest absolute Gasteiger partial charge is 0.416 e. The second-order valence-corrected chi connectivity index (χ2v) is 5.71. The molecule has 0 bridgehead atoms.